The van der Waals surface area contributed by atoms with E-state index >= 15 is 0 Å². The van der Waals surface area contributed by atoms with E-state index < -0.39 is 0 Å². The van der Waals surface area contributed by atoms with E-state index in [9.17, 15) is 4.79 Å². The van der Waals surface area contributed by atoms with Crippen LogP contribution in [-0.2, 0) is 5.41 Å². The molecule has 0 N–H and O–H groups in total. The van der Waals surface area contributed by atoms with Crippen molar-refractivity contribution in [2.45, 2.75) is 46.0 Å². The molecule has 0 saturated carbocycles. The minimum atomic E-state index is 0.102. The van der Waals surface area contributed by atoms with E-state index in [1.54, 1.807) is 11.3 Å². The summed E-state index contributed by atoms with van der Waals surface area (Å²) in [5, 5.41) is 0. The molecule has 0 saturated heterocycles. The molecular formula is C18H22OS. The molecule has 106 valence electrons. The van der Waals surface area contributed by atoms with Gasteiger partial charge in [0.15, 0.2) is 0 Å². The molecule has 0 atom stereocenters. The molecule has 0 aliphatic carbocycles. The molecule has 0 amide bonds. The van der Waals surface area contributed by atoms with Crippen LogP contribution >= 0.6 is 11.3 Å². The average Bonchev–Trinajstić information content (AvgIpc) is 2.87. The van der Waals surface area contributed by atoms with Gasteiger partial charge >= 0.3 is 0 Å². The number of thiophene rings is 1. The summed E-state index contributed by atoms with van der Waals surface area (Å²) in [5.74, 6) is 0.620. The molecule has 1 aromatic heterocycles. The van der Waals surface area contributed by atoms with Crippen LogP contribution in [0.4, 0.5) is 0 Å². The van der Waals surface area contributed by atoms with Gasteiger partial charge in [-0.1, -0.05) is 58.9 Å². The van der Waals surface area contributed by atoms with Crippen molar-refractivity contribution in [2.75, 3.05) is 0 Å². The molecular weight excluding hydrogens is 264 g/mol. The highest BCUT2D eigenvalue weighted by molar-refractivity contribution is 7.14. The third-order valence-electron chi connectivity index (χ3n) is 3.41. The predicted molar refractivity (Wildman–Crippen MR) is 87.0 cm³/mol. The molecule has 1 heterocycles. The molecule has 2 aromatic rings. The molecule has 0 bridgehead atoms. The zero-order chi connectivity index (χ0) is 14.9. The second-order valence-corrected chi connectivity index (χ2v) is 7.60. The lowest BCUT2D eigenvalue weighted by Crippen LogP contribution is -2.08. The summed E-state index contributed by atoms with van der Waals surface area (Å²) in [6, 6.07) is 12.0. The Bertz CT molecular complexity index is 597. The Hall–Kier alpha value is -1.41. The molecule has 0 aliphatic rings. The van der Waals surface area contributed by atoms with Crippen molar-refractivity contribution in [1.29, 1.82) is 0 Å². The summed E-state index contributed by atoms with van der Waals surface area (Å²) < 4.78 is 0. The van der Waals surface area contributed by atoms with Gasteiger partial charge in [-0.2, -0.15) is 0 Å². The highest BCUT2D eigenvalue weighted by Gasteiger charge is 2.19. The smallest absolute Gasteiger partial charge is 0.202 e. The van der Waals surface area contributed by atoms with Gasteiger partial charge < -0.3 is 0 Å². The number of hydrogen-bond donors (Lipinski definition) is 0. The second kappa shape index (κ2) is 5.53. The van der Waals surface area contributed by atoms with Gasteiger partial charge in [-0.3, -0.25) is 4.79 Å². The van der Waals surface area contributed by atoms with E-state index in [2.05, 4.69) is 52.8 Å². The maximum absolute atomic E-state index is 12.5. The van der Waals surface area contributed by atoms with Crippen molar-refractivity contribution in [3.8, 4) is 0 Å². The molecule has 2 rings (SSSR count). The van der Waals surface area contributed by atoms with Crippen LogP contribution in [0.5, 0.6) is 0 Å². The molecule has 1 nitrogen and oxygen atoms in total. The first-order valence-electron chi connectivity index (χ1n) is 7.04. The van der Waals surface area contributed by atoms with Crippen molar-refractivity contribution in [3.63, 3.8) is 0 Å². The summed E-state index contributed by atoms with van der Waals surface area (Å²) in [4.78, 5) is 14.6. The number of carbonyl (C=O) groups excluding carboxylic acids is 1. The van der Waals surface area contributed by atoms with Gasteiger partial charge in [-0.05, 0) is 29.0 Å². The number of benzene rings is 1. The maximum atomic E-state index is 12.5. The van der Waals surface area contributed by atoms with Crippen LogP contribution in [-0.4, -0.2) is 5.78 Å². The second-order valence-electron chi connectivity index (χ2n) is 6.52. The Morgan fingerprint density at radius 2 is 1.60 bits per heavy atom. The van der Waals surface area contributed by atoms with Crippen LogP contribution in [0.25, 0.3) is 0 Å². The summed E-state index contributed by atoms with van der Waals surface area (Å²) in [5.41, 5.74) is 2.14. The SMILES string of the molecule is CC(C)c1ccc(C(=O)c2ccc(C(C)(C)C)s2)cc1. The zero-order valence-electron chi connectivity index (χ0n) is 12.9. The number of hydrogen-bond acceptors (Lipinski definition) is 2. The number of rotatable bonds is 3. The minimum Gasteiger partial charge on any atom is -0.288 e. The van der Waals surface area contributed by atoms with Gasteiger partial charge in [-0.15, -0.1) is 11.3 Å². The Kier molecular flexibility index (Phi) is 4.14. The minimum absolute atomic E-state index is 0.102. The standard InChI is InChI=1S/C18H22OS/c1-12(2)13-6-8-14(9-7-13)17(19)15-10-11-16(20-15)18(3,4)5/h6-12H,1-5H3. The van der Waals surface area contributed by atoms with Crippen LogP contribution in [0.2, 0.25) is 0 Å². The van der Waals surface area contributed by atoms with Crippen LogP contribution in [0.15, 0.2) is 36.4 Å². The average molecular weight is 286 g/mol. The molecule has 2 heteroatoms. The van der Waals surface area contributed by atoms with Gasteiger partial charge in [-0.25, -0.2) is 0 Å². The van der Waals surface area contributed by atoms with E-state index in [-0.39, 0.29) is 11.2 Å². The highest BCUT2D eigenvalue weighted by atomic mass is 32.1. The van der Waals surface area contributed by atoms with E-state index in [0.717, 1.165) is 10.4 Å². The van der Waals surface area contributed by atoms with Crippen molar-refractivity contribution >= 4 is 17.1 Å². The Morgan fingerprint density at radius 1 is 1.00 bits per heavy atom. The summed E-state index contributed by atoms with van der Waals surface area (Å²) in [6.07, 6.45) is 0. The Labute approximate surface area is 125 Å². The first-order chi connectivity index (χ1) is 9.29. The van der Waals surface area contributed by atoms with Gasteiger partial charge in [0.1, 0.15) is 0 Å². The fourth-order valence-corrected chi connectivity index (χ4v) is 3.05. The Morgan fingerprint density at radius 3 is 2.05 bits per heavy atom. The van der Waals surface area contributed by atoms with Gasteiger partial charge in [0.2, 0.25) is 5.78 Å². The van der Waals surface area contributed by atoms with E-state index in [4.69, 9.17) is 0 Å². The van der Waals surface area contributed by atoms with Crippen LogP contribution in [0.1, 0.15) is 66.2 Å². The fourth-order valence-electron chi connectivity index (χ4n) is 2.02. The molecule has 0 spiro atoms. The normalized spacial score (nSPS) is 11.9. The van der Waals surface area contributed by atoms with Crippen molar-refractivity contribution < 1.29 is 4.79 Å². The summed E-state index contributed by atoms with van der Waals surface area (Å²) >= 11 is 1.60. The van der Waals surface area contributed by atoms with Crippen molar-refractivity contribution in [2.24, 2.45) is 0 Å². The number of carbonyl (C=O) groups is 1. The van der Waals surface area contributed by atoms with Gasteiger partial charge in [0.25, 0.3) is 0 Å². The largest absolute Gasteiger partial charge is 0.288 e. The molecule has 0 fully saturated rings. The molecule has 20 heavy (non-hydrogen) atoms. The van der Waals surface area contributed by atoms with Gasteiger partial charge in [0.05, 0.1) is 4.88 Å². The van der Waals surface area contributed by atoms with Crippen LogP contribution in [0.3, 0.4) is 0 Å². The first kappa shape index (κ1) is 15.0. The lowest BCUT2D eigenvalue weighted by atomic mass is 9.95. The zero-order valence-corrected chi connectivity index (χ0v) is 13.7. The topological polar surface area (TPSA) is 17.1 Å². The predicted octanol–water partition coefficient (Wildman–Crippen LogP) is 5.40. The molecule has 0 radical (unpaired) electrons. The highest BCUT2D eigenvalue weighted by Crippen LogP contribution is 2.30. The van der Waals surface area contributed by atoms with Crippen molar-refractivity contribution in [1.82, 2.24) is 0 Å². The van der Waals surface area contributed by atoms with Crippen LogP contribution in [0, 0.1) is 0 Å². The summed E-state index contributed by atoms with van der Waals surface area (Å²) in [7, 11) is 0. The molecule has 0 unspecified atom stereocenters. The monoisotopic (exact) mass is 286 g/mol. The van der Waals surface area contributed by atoms with Gasteiger partial charge in [0, 0.05) is 10.4 Å². The third-order valence-corrected chi connectivity index (χ3v) is 4.92. The fraction of sp³-hybridized carbons (Fsp3) is 0.389. The third kappa shape index (κ3) is 3.18. The Balaban J connectivity index is 2.25. The molecule has 0 aliphatic heterocycles. The summed E-state index contributed by atoms with van der Waals surface area (Å²) in [6.45, 7) is 10.8. The van der Waals surface area contributed by atoms with E-state index in [0.29, 0.717) is 5.92 Å². The van der Waals surface area contributed by atoms with E-state index in [1.807, 2.05) is 18.2 Å². The maximum Gasteiger partial charge on any atom is 0.202 e. The molecule has 1 aromatic carbocycles. The van der Waals surface area contributed by atoms with E-state index in [1.165, 1.54) is 10.4 Å². The lowest BCUT2D eigenvalue weighted by molar-refractivity contribution is 0.104. The lowest BCUT2D eigenvalue weighted by Gasteiger charge is -2.15. The quantitative estimate of drug-likeness (QED) is 0.690. The van der Waals surface area contributed by atoms with Crippen LogP contribution < -0.4 is 0 Å². The first-order valence-corrected chi connectivity index (χ1v) is 7.85. The van der Waals surface area contributed by atoms with Crippen molar-refractivity contribution in [3.05, 3.63) is 57.3 Å². The number of ketones is 1.